The zero-order chi connectivity index (χ0) is 19.7. The van der Waals surface area contributed by atoms with E-state index in [1.807, 2.05) is 12.1 Å². The number of hydrogen-bond acceptors (Lipinski definition) is 8. The maximum atomic E-state index is 12.3. The van der Waals surface area contributed by atoms with Gasteiger partial charge in [-0.25, -0.2) is 13.1 Å². The molecule has 1 aromatic carbocycles. The van der Waals surface area contributed by atoms with Crippen molar-refractivity contribution < 1.29 is 13.2 Å². The molecule has 0 atom stereocenters. The van der Waals surface area contributed by atoms with Gasteiger partial charge in [0.05, 0.1) is 12.0 Å². The Bertz CT molecular complexity index is 835. The fourth-order valence-corrected chi connectivity index (χ4v) is 4.31. The Kier molecular flexibility index (Phi) is 8.68. The predicted octanol–water partition coefficient (Wildman–Crippen LogP) is 2.82. The molecule has 148 valence electrons. The lowest BCUT2D eigenvalue weighted by Gasteiger charge is -2.04. The highest BCUT2D eigenvalue weighted by Gasteiger charge is 2.10. The van der Waals surface area contributed by atoms with E-state index in [0.29, 0.717) is 24.3 Å². The summed E-state index contributed by atoms with van der Waals surface area (Å²) in [6.07, 6.45) is 3.92. The van der Waals surface area contributed by atoms with Crippen LogP contribution < -0.4 is 10.0 Å². The van der Waals surface area contributed by atoms with Gasteiger partial charge in [0.2, 0.25) is 15.2 Å². The molecule has 0 aliphatic heterocycles. The summed E-state index contributed by atoms with van der Waals surface area (Å²) in [5, 5.41) is 12.2. The second kappa shape index (κ2) is 10.7. The van der Waals surface area contributed by atoms with Crippen molar-refractivity contribution in [2.45, 2.75) is 30.5 Å². The number of carbonyl (C=O) groups is 1. The van der Waals surface area contributed by atoms with Crippen molar-refractivity contribution in [3.8, 4) is 0 Å². The summed E-state index contributed by atoms with van der Waals surface area (Å²) in [6, 6.07) is 7.25. The van der Waals surface area contributed by atoms with Gasteiger partial charge in [-0.05, 0) is 18.4 Å². The average Bonchev–Trinajstić information content (AvgIpc) is 3.07. The Morgan fingerprint density at radius 2 is 1.93 bits per heavy atom. The molecule has 1 heterocycles. The maximum Gasteiger partial charge on any atom is 0.208 e. The number of sulfonamides is 1. The molecule has 1 aromatic heterocycles. The van der Waals surface area contributed by atoms with Gasteiger partial charge in [-0.2, -0.15) is 0 Å². The van der Waals surface area contributed by atoms with Crippen LogP contribution in [0.2, 0.25) is 0 Å². The van der Waals surface area contributed by atoms with E-state index in [-0.39, 0.29) is 5.78 Å². The molecule has 27 heavy (non-hydrogen) atoms. The molecule has 0 spiro atoms. The maximum absolute atomic E-state index is 12.3. The molecule has 0 saturated heterocycles. The third-order valence-electron chi connectivity index (χ3n) is 3.59. The third kappa shape index (κ3) is 8.37. The van der Waals surface area contributed by atoms with Crippen LogP contribution in [0.25, 0.3) is 0 Å². The van der Waals surface area contributed by atoms with Crippen LogP contribution in [-0.4, -0.2) is 49.5 Å². The number of unbranched alkanes of at least 4 members (excludes halogenated alkanes) is 1. The number of ketones is 1. The number of carbonyl (C=O) groups excluding carboxylic acids is 1. The monoisotopic (exact) mass is 428 g/mol. The summed E-state index contributed by atoms with van der Waals surface area (Å²) in [6.45, 7) is 3.35. The molecule has 2 rings (SSSR count). The fraction of sp³-hybridized carbons (Fsp3) is 0.471. The van der Waals surface area contributed by atoms with Gasteiger partial charge in [0.15, 0.2) is 10.1 Å². The number of aromatic nitrogens is 2. The second-order valence-corrected chi connectivity index (χ2v) is 10.0. The summed E-state index contributed by atoms with van der Waals surface area (Å²) in [7, 11) is -3.18. The van der Waals surface area contributed by atoms with Crippen molar-refractivity contribution in [2.24, 2.45) is 0 Å². The summed E-state index contributed by atoms with van der Waals surface area (Å²) >= 11 is 2.84. The van der Waals surface area contributed by atoms with Gasteiger partial charge in [-0.15, -0.1) is 10.2 Å². The van der Waals surface area contributed by atoms with Crippen LogP contribution in [0.5, 0.6) is 0 Å². The molecule has 0 aliphatic rings. The van der Waals surface area contributed by atoms with Crippen LogP contribution >= 0.6 is 23.1 Å². The molecule has 0 fully saturated rings. The van der Waals surface area contributed by atoms with Crippen molar-refractivity contribution in [3.63, 3.8) is 0 Å². The van der Waals surface area contributed by atoms with Crippen LogP contribution in [0.15, 0.2) is 28.6 Å². The van der Waals surface area contributed by atoms with E-state index in [0.717, 1.165) is 40.7 Å². The van der Waals surface area contributed by atoms with Gasteiger partial charge in [-0.3, -0.25) is 4.79 Å². The number of hydrogen-bond donors (Lipinski definition) is 2. The van der Waals surface area contributed by atoms with E-state index >= 15 is 0 Å². The van der Waals surface area contributed by atoms with Gasteiger partial charge in [0.25, 0.3) is 0 Å². The van der Waals surface area contributed by atoms with Crippen LogP contribution in [0.3, 0.4) is 0 Å². The Morgan fingerprint density at radius 3 is 2.59 bits per heavy atom. The predicted molar refractivity (Wildman–Crippen MR) is 111 cm³/mol. The molecule has 0 saturated carbocycles. The number of thioether (sulfide) groups is 1. The van der Waals surface area contributed by atoms with E-state index in [4.69, 9.17) is 0 Å². The minimum absolute atomic E-state index is 0.0245. The summed E-state index contributed by atoms with van der Waals surface area (Å²) < 4.78 is 25.3. The fourth-order valence-electron chi connectivity index (χ4n) is 2.16. The van der Waals surface area contributed by atoms with E-state index in [1.165, 1.54) is 23.1 Å². The van der Waals surface area contributed by atoms with Gasteiger partial charge in [-0.1, -0.05) is 60.7 Å². The number of nitrogens with zero attached hydrogens (tertiary/aromatic N) is 2. The van der Waals surface area contributed by atoms with Gasteiger partial charge in [0, 0.05) is 18.7 Å². The lowest BCUT2D eigenvalue weighted by Crippen LogP contribution is -2.24. The standard InChI is InChI=1S/C17H24N4O3S3/c1-3-4-10-18-16-20-21-17(26-16)25-12-15(22)14-7-5-13(6-8-14)9-11-19-27(2,23)24/h5-8,19H,3-4,9-12H2,1-2H3,(H,18,20). The normalized spacial score (nSPS) is 11.5. The van der Waals surface area contributed by atoms with E-state index < -0.39 is 10.0 Å². The molecule has 2 aromatic rings. The highest BCUT2D eigenvalue weighted by atomic mass is 32.2. The van der Waals surface area contributed by atoms with Crippen molar-refractivity contribution in [2.75, 3.05) is 30.4 Å². The Morgan fingerprint density at radius 1 is 1.19 bits per heavy atom. The molecule has 0 aliphatic carbocycles. The highest BCUT2D eigenvalue weighted by Crippen LogP contribution is 2.26. The van der Waals surface area contributed by atoms with E-state index in [2.05, 4.69) is 27.2 Å². The first-order valence-electron chi connectivity index (χ1n) is 8.64. The lowest BCUT2D eigenvalue weighted by atomic mass is 10.1. The molecular formula is C17H24N4O3S3. The topological polar surface area (TPSA) is 101 Å². The average molecular weight is 429 g/mol. The van der Waals surface area contributed by atoms with Crippen LogP contribution in [0.1, 0.15) is 35.7 Å². The van der Waals surface area contributed by atoms with Gasteiger partial charge in [0.1, 0.15) is 0 Å². The minimum Gasteiger partial charge on any atom is -0.360 e. The largest absolute Gasteiger partial charge is 0.360 e. The van der Waals surface area contributed by atoms with Crippen molar-refractivity contribution in [1.82, 2.24) is 14.9 Å². The lowest BCUT2D eigenvalue weighted by molar-refractivity contribution is 0.102. The molecular weight excluding hydrogens is 404 g/mol. The molecule has 0 unspecified atom stereocenters. The minimum atomic E-state index is -3.18. The summed E-state index contributed by atoms with van der Waals surface area (Å²) in [4.78, 5) is 12.3. The van der Waals surface area contributed by atoms with Crippen LogP contribution in [0, 0.1) is 0 Å². The van der Waals surface area contributed by atoms with E-state index in [1.54, 1.807) is 12.1 Å². The molecule has 10 heteroatoms. The zero-order valence-corrected chi connectivity index (χ0v) is 17.8. The Balaban J connectivity index is 1.78. The summed E-state index contributed by atoms with van der Waals surface area (Å²) in [5.74, 6) is 0.329. The van der Waals surface area contributed by atoms with E-state index in [9.17, 15) is 13.2 Å². The number of nitrogens with one attached hydrogen (secondary N) is 2. The first-order valence-corrected chi connectivity index (χ1v) is 12.3. The van der Waals surface area contributed by atoms with Crippen LogP contribution in [0.4, 0.5) is 5.13 Å². The summed E-state index contributed by atoms with van der Waals surface area (Å²) in [5.41, 5.74) is 1.61. The second-order valence-electron chi connectivity index (χ2n) is 5.98. The first-order chi connectivity index (χ1) is 12.9. The number of anilines is 1. The molecule has 0 radical (unpaired) electrons. The number of rotatable bonds is 12. The third-order valence-corrected chi connectivity index (χ3v) is 6.34. The number of benzene rings is 1. The Hall–Kier alpha value is -1.49. The smallest absolute Gasteiger partial charge is 0.208 e. The van der Waals surface area contributed by atoms with Gasteiger partial charge >= 0.3 is 0 Å². The molecule has 2 N–H and O–H groups in total. The zero-order valence-electron chi connectivity index (χ0n) is 15.4. The Labute approximate surface area is 168 Å². The number of Topliss-reactive ketones (excluding diaryl/α,β-unsaturated/α-hetero) is 1. The van der Waals surface area contributed by atoms with Crippen molar-refractivity contribution >= 4 is 44.0 Å². The SMILES string of the molecule is CCCCNc1nnc(SCC(=O)c2ccc(CCNS(C)(=O)=O)cc2)s1. The molecule has 0 amide bonds. The first kappa shape index (κ1) is 21.8. The molecule has 0 bridgehead atoms. The highest BCUT2D eigenvalue weighted by molar-refractivity contribution is 8.01. The van der Waals surface area contributed by atoms with Crippen molar-refractivity contribution in [3.05, 3.63) is 35.4 Å². The molecule has 7 nitrogen and oxygen atoms in total. The van der Waals surface area contributed by atoms with Crippen molar-refractivity contribution in [1.29, 1.82) is 0 Å². The van der Waals surface area contributed by atoms with Gasteiger partial charge < -0.3 is 5.32 Å². The quantitative estimate of drug-likeness (QED) is 0.304. The van der Waals surface area contributed by atoms with Crippen LogP contribution in [-0.2, 0) is 16.4 Å².